The van der Waals surface area contributed by atoms with Gasteiger partial charge in [0.15, 0.2) is 0 Å². The lowest BCUT2D eigenvalue weighted by Gasteiger charge is -2.31. The van der Waals surface area contributed by atoms with Gasteiger partial charge in [-0.05, 0) is 42.9 Å². The van der Waals surface area contributed by atoms with E-state index in [9.17, 15) is 14.4 Å². The monoisotopic (exact) mass is 459 g/mol. The minimum atomic E-state index is -0.137. The molecule has 1 heterocycles. The summed E-state index contributed by atoms with van der Waals surface area (Å²) in [6.45, 7) is 6.70. The van der Waals surface area contributed by atoms with Gasteiger partial charge in [0, 0.05) is 44.9 Å². The van der Waals surface area contributed by atoms with E-state index in [4.69, 9.17) is 4.74 Å². The predicted molar refractivity (Wildman–Crippen MR) is 130 cm³/mol. The molecule has 1 saturated heterocycles. The van der Waals surface area contributed by atoms with E-state index in [-0.39, 0.29) is 36.5 Å². The maximum Gasteiger partial charge on any atom is 0.223 e. The molecule has 7 nitrogen and oxygen atoms in total. The van der Waals surface area contributed by atoms with E-state index in [1.807, 2.05) is 24.3 Å². The molecule has 0 aliphatic carbocycles. The Bertz CT molecular complexity index is 742. The molecule has 2 N–H and O–H groups in total. The molecule has 0 aromatic heterocycles. The molecule has 184 valence electrons. The van der Waals surface area contributed by atoms with Crippen molar-refractivity contribution in [2.45, 2.75) is 71.8 Å². The summed E-state index contributed by atoms with van der Waals surface area (Å²) in [6, 6.07) is 7.50. The number of piperidine rings is 1. The molecule has 1 atom stereocenters. The first-order valence-corrected chi connectivity index (χ1v) is 12.4. The molecular formula is C26H41N3O4. The van der Waals surface area contributed by atoms with Crippen molar-refractivity contribution in [3.8, 4) is 5.75 Å². The van der Waals surface area contributed by atoms with Gasteiger partial charge in [-0.1, -0.05) is 45.2 Å². The minimum Gasteiger partial charge on any atom is -0.497 e. The number of methoxy groups -OCH3 is 1. The van der Waals surface area contributed by atoms with E-state index in [1.165, 1.54) is 12.8 Å². The predicted octanol–water partition coefficient (Wildman–Crippen LogP) is 3.66. The summed E-state index contributed by atoms with van der Waals surface area (Å²) in [5.74, 6) is 1.27. The van der Waals surface area contributed by atoms with E-state index >= 15 is 0 Å². The quantitative estimate of drug-likeness (QED) is 0.471. The first-order chi connectivity index (χ1) is 16.0. The molecule has 3 amide bonds. The zero-order valence-corrected chi connectivity index (χ0v) is 20.5. The molecule has 1 aromatic rings. The van der Waals surface area contributed by atoms with Gasteiger partial charge in [-0.15, -0.1) is 0 Å². The Labute approximate surface area is 198 Å². The SMILES string of the molecule is CCCC[C@@H](CC)CNC(=O)C1CCN(C(=O)CCC(=O)NCc2ccc(OC)cc2)CC1. The summed E-state index contributed by atoms with van der Waals surface area (Å²) in [6.07, 6.45) is 6.37. The van der Waals surface area contributed by atoms with Crippen molar-refractivity contribution < 1.29 is 19.1 Å². The van der Waals surface area contributed by atoms with E-state index in [0.717, 1.165) is 30.7 Å². The Morgan fingerprint density at radius 1 is 1.06 bits per heavy atom. The highest BCUT2D eigenvalue weighted by Gasteiger charge is 2.27. The number of carbonyl (C=O) groups excluding carboxylic acids is 3. The number of hydrogen-bond acceptors (Lipinski definition) is 4. The molecule has 2 rings (SSSR count). The second kappa shape index (κ2) is 14.6. The van der Waals surface area contributed by atoms with Crippen LogP contribution in [0, 0.1) is 11.8 Å². The molecule has 1 aromatic carbocycles. The van der Waals surface area contributed by atoms with Crippen molar-refractivity contribution in [3.05, 3.63) is 29.8 Å². The molecule has 33 heavy (non-hydrogen) atoms. The van der Waals surface area contributed by atoms with Crippen LogP contribution in [0.5, 0.6) is 5.75 Å². The molecule has 0 spiro atoms. The zero-order valence-electron chi connectivity index (χ0n) is 20.5. The number of nitrogens with one attached hydrogen (secondary N) is 2. The Kier molecular flexibility index (Phi) is 11.8. The van der Waals surface area contributed by atoms with Gasteiger partial charge >= 0.3 is 0 Å². The third-order valence-electron chi connectivity index (χ3n) is 6.54. The molecule has 0 radical (unpaired) electrons. The molecule has 0 saturated carbocycles. The van der Waals surface area contributed by atoms with Crippen molar-refractivity contribution in [1.29, 1.82) is 0 Å². The summed E-state index contributed by atoms with van der Waals surface area (Å²) >= 11 is 0. The van der Waals surface area contributed by atoms with Crippen molar-refractivity contribution in [1.82, 2.24) is 15.5 Å². The second-order valence-electron chi connectivity index (χ2n) is 8.94. The van der Waals surface area contributed by atoms with Crippen molar-refractivity contribution in [3.63, 3.8) is 0 Å². The summed E-state index contributed by atoms with van der Waals surface area (Å²) in [5, 5.41) is 5.98. The highest BCUT2D eigenvalue weighted by atomic mass is 16.5. The summed E-state index contributed by atoms with van der Waals surface area (Å²) in [7, 11) is 1.61. The topological polar surface area (TPSA) is 87.7 Å². The number of amides is 3. The fourth-order valence-corrected chi connectivity index (χ4v) is 4.13. The number of ether oxygens (including phenoxy) is 1. The normalized spacial score (nSPS) is 15.1. The standard InChI is InChI=1S/C26H41N3O4/c1-4-6-7-20(5-2)18-28-26(32)22-14-16-29(17-15-22)25(31)13-12-24(30)27-19-21-8-10-23(33-3)11-9-21/h8-11,20,22H,4-7,12-19H2,1-3H3,(H,27,30)(H,28,32)/t20-/m1/s1. The van der Waals surface area contributed by atoms with Crippen LogP contribution >= 0.6 is 0 Å². The smallest absolute Gasteiger partial charge is 0.223 e. The number of rotatable bonds is 13. The first-order valence-electron chi connectivity index (χ1n) is 12.4. The fraction of sp³-hybridized carbons (Fsp3) is 0.654. The number of unbranched alkanes of at least 4 members (excludes halogenated alkanes) is 1. The highest BCUT2D eigenvalue weighted by Crippen LogP contribution is 2.19. The van der Waals surface area contributed by atoms with Crippen LogP contribution in [0.4, 0.5) is 0 Å². The minimum absolute atomic E-state index is 0.0148. The average molecular weight is 460 g/mol. The van der Waals surface area contributed by atoms with Gasteiger partial charge in [0.25, 0.3) is 0 Å². The van der Waals surface area contributed by atoms with E-state index in [1.54, 1.807) is 12.0 Å². The molecule has 0 bridgehead atoms. The summed E-state index contributed by atoms with van der Waals surface area (Å²) < 4.78 is 5.12. The van der Waals surface area contributed by atoms with Crippen LogP contribution < -0.4 is 15.4 Å². The third kappa shape index (κ3) is 9.44. The molecular weight excluding hydrogens is 418 g/mol. The Hall–Kier alpha value is -2.57. The highest BCUT2D eigenvalue weighted by molar-refractivity contribution is 5.84. The molecule has 1 fully saturated rings. The number of benzene rings is 1. The van der Waals surface area contributed by atoms with E-state index < -0.39 is 0 Å². The van der Waals surface area contributed by atoms with Crippen molar-refractivity contribution in [2.24, 2.45) is 11.8 Å². The van der Waals surface area contributed by atoms with Crippen LogP contribution in [0.2, 0.25) is 0 Å². The Morgan fingerprint density at radius 2 is 1.76 bits per heavy atom. The van der Waals surface area contributed by atoms with E-state index in [2.05, 4.69) is 24.5 Å². The number of hydrogen-bond donors (Lipinski definition) is 2. The van der Waals surface area contributed by atoms with Gasteiger partial charge in [-0.2, -0.15) is 0 Å². The maximum atomic E-state index is 12.5. The molecule has 1 aliphatic heterocycles. The van der Waals surface area contributed by atoms with Gasteiger partial charge in [0.2, 0.25) is 17.7 Å². The van der Waals surface area contributed by atoms with Gasteiger partial charge in [-0.25, -0.2) is 0 Å². The summed E-state index contributed by atoms with van der Waals surface area (Å²) in [4.78, 5) is 39.0. The van der Waals surface area contributed by atoms with Gasteiger partial charge in [-0.3, -0.25) is 14.4 Å². The first kappa shape index (κ1) is 26.7. The van der Waals surface area contributed by atoms with Crippen molar-refractivity contribution in [2.75, 3.05) is 26.7 Å². The van der Waals surface area contributed by atoms with Gasteiger partial charge < -0.3 is 20.3 Å². The Morgan fingerprint density at radius 3 is 2.36 bits per heavy atom. The average Bonchev–Trinajstić information content (AvgIpc) is 2.86. The molecule has 0 unspecified atom stereocenters. The summed E-state index contributed by atoms with van der Waals surface area (Å²) in [5.41, 5.74) is 0.978. The van der Waals surface area contributed by atoms with Crippen molar-refractivity contribution >= 4 is 17.7 Å². The zero-order chi connectivity index (χ0) is 24.1. The number of carbonyl (C=O) groups is 3. The number of likely N-dealkylation sites (tertiary alicyclic amines) is 1. The van der Waals surface area contributed by atoms with Crippen LogP contribution in [-0.4, -0.2) is 49.4 Å². The Balaban J connectivity index is 1.63. The van der Waals surface area contributed by atoms with Crippen LogP contribution in [0.15, 0.2) is 24.3 Å². The van der Waals surface area contributed by atoms with Gasteiger partial charge in [0.1, 0.15) is 5.75 Å². The lowest BCUT2D eigenvalue weighted by molar-refractivity contribution is -0.136. The lowest BCUT2D eigenvalue weighted by atomic mass is 9.94. The van der Waals surface area contributed by atoms with Crippen LogP contribution in [0.1, 0.15) is 70.8 Å². The van der Waals surface area contributed by atoms with Gasteiger partial charge in [0.05, 0.1) is 7.11 Å². The molecule has 7 heteroatoms. The fourth-order valence-electron chi connectivity index (χ4n) is 4.13. The second-order valence-corrected chi connectivity index (χ2v) is 8.94. The van der Waals surface area contributed by atoms with Crippen LogP contribution in [-0.2, 0) is 20.9 Å². The third-order valence-corrected chi connectivity index (χ3v) is 6.54. The van der Waals surface area contributed by atoms with Crippen LogP contribution in [0.3, 0.4) is 0 Å². The van der Waals surface area contributed by atoms with Crippen LogP contribution in [0.25, 0.3) is 0 Å². The molecule has 1 aliphatic rings. The van der Waals surface area contributed by atoms with E-state index in [0.29, 0.717) is 38.4 Å². The number of nitrogens with zero attached hydrogens (tertiary/aromatic N) is 1. The largest absolute Gasteiger partial charge is 0.497 e. The lowest BCUT2D eigenvalue weighted by Crippen LogP contribution is -2.44. The maximum absolute atomic E-state index is 12.5.